The summed E-state index contributed by atoms with van der Waals surface area (Å²) in [5.41, 5.74) is 6.44. The van der Waals surface area contributed by atoms with Gasteiger partial charge in [-0.3, -0.25) is 4.90 Å². The number of halogens is 3. The number of nitrogens with zero attached hydrogens (tertiary/aromatic N) is 1. The van der Waals surface area contributed by atoms with Crippen LogP contribution in [0.15, 0.2) is 18.2 Å². The van der Waals surface area contributed by atoms with Gasteiger partial charge in [-0.1, -0.05) is 23.7 Å². The molecule has 0 aliphatic carbocycles. The van der Waals surface area contributed by atoms with Crippen LogP contribution in [0.3, 0.4) is 0 Å². The van der Waals surface area contributed by atoms with E-state index in [1.807, 2.05) is 0 Å². The second-order valence-corrected chi connectivity index (χ2v) is 5.36. The Morgan fingerprint density at radius 3 is 2.90 bits per heavy atom. The Labute approximate surface area is 130 Å². The standard InChI is InChI=1S/C14H20ClFN2O.ClH/c1-19-12-5-6-18(11(7-12)8-17)9-10-3-2-4-13(15)14(10)16;/h2-4,11-12H,5-9,17H2,1H3;1H. The van der Waals surface area contributed by atoms with E-state index in [0.29, 0.717) is 18.7 Å². The molecule has 1 aliphatic rings. The van der Waals surface area contributed by atoms with Crippen molar-refractivity contribution in [3.63, 3.8) is 0 Å². The maximum absolute atomic E-state index is 13.9. The van der Waals surface area contributed by atoms with E-state index in [1.54, 1.807) is 25.3 Å². The van der Waals surface area contributed by atoms with Gasteiger partial charge < -0.3 is 10.5 Å². The van der Waals surface area contributed by atoms with Gasteiger partial charge in [-0.2, -0.15) is 0 Å². The van der Waals surface area contributed by atoms with Crippen LogP contribution in [-0.2, 0) is 11.3 Å². The molecule has 6 heteroatoms. The number of piperidine rings is 1. The molecule has 1 aromatic carbocycles. The zero-order valence-electron chi connectivity index (χ0n) is 11.5. The van der Waals surface area contributed by atoms with Crippen LogP contribution < -0.4 is 5.73 Å². The number of likely N-dealkylation sites (tertiary alicyclic amines) is 1. The molecule has 0 amide bonds. The molecule has 3 nitrogen and oxygen atoms in total. The molecule has 0 saturated carbocycles. The molecule has 0 bridgehead atoms. The predicted octanol–water partition coefficient (Wildman–Crippen LogP) is 2.84. The number of rotatable bonds is 4. The number of ether oxygens (including phenoxy) is 1. The van der Waals surface area contributed by atoms with E-state index >= 15 is 0 Å². The molecule has 1 aliphatic heterocycles. The largest absolute Gasteiger partial charge is 0.381 e. The van der Waals surface area contributed by atoms with Gasteiger partial charge in [-0.15, -0.1) is 12.4 Å². The van der Waals surface area contributed by atoms with Crippen molar-refractivity contribution in [2.75, 3.05) is 20.2 Å². The lowest BCUT2D eigenvalue weighted by Crippen LogP contribution is -2.48. The molecule has 20 heavy (non-hydrogen) atoms. The molecule has 0 radical (unpaired) electrons. The normalized spacial score (nSPS) is 23.4. The highest BCUT2D eigenvalue weighted by Gasteiger charge is 2.28. The Kier molecular flexibility index (Phi) is 7.20. The summed E-state index contributed by atoms with van der Waals surface area (Å²) >= 11 is 5.81. The number of hydrogen-bond acceptors (Lipinski definition) is 3. The van der Waals surface area contributed by atoms with Crippen LogP contribution in [0.5, 0.6) is 0 Å². The van der Waals surface area contributed by atoms with Gasteiger partial charge in [0.1, 0.15) is 5.82 Å². The summed E-state index contributed by atoms with van der Waals surface area (Å²) in [5.74, 6) is -0.325. The molecule has 1 heterocycles. The van der Waals surface area contributed by atoms with Gasteiger partial charge >= 0.3 is 0 Å². The van der Waals surface area contributed by atoms with Gasteiger partial charge in [0.15, 0.2) is 0 Å². The molecule has 0 spiro atoms. The van der Waals surface area contributed by atoms with Gasteiger partial charge in [-0.25, -0.2) is 4.39 Å². The Morgan fingerprint density at radius 1 is 1.50 bits per heavy atom. The first-order valence-electron chi connectivity index (χ1n) is 6.55. The molecule has 2 atom stereocenters. The molecule has 2 unspecified atom stereocenters. The zero-order valence-corrected chi connectivity index (χ0v) is 13.1. The number of methoxy groups -OCH3 is 1. The van der Waals surface area contributed by atoms with Crippen LogP contribution in [0.1, 0.15) is 18.4 Å². The van der Waals surface area contributed by atoms with E-state index in [-0.39, 0.29) is 35.4 Å². The van der Waals surface area contributed by atoms with Crippen LogP contribution >= 0.6 is 24.0 Å². The second-order valence-electron chi connectivity index (χ2n) is 4.96. The van der Waals surface area contributed by atoms with Gasteiger partial charge in [-0.05, 0) is 18.9 Å². The maximum Gasteiger partial charge on any atom is 0.146 e. The molecule has 1 fully saturated rings. The van der Waals surface area contributed by atoms with Crippen molar-refractivity contribution in [2.24, 2.45) is 5.73 Å². The fourth-order valence-electron chi connectivity index (χ4n) is 2.62. The van der Waals surface area contributed by atoms with E-state index in [2.05, 4.69) is 4.90 Å². The molecular formula is C14H21Cl2FN2O. The highest BCUT2D eigenvalue weighted by molar-refractivity contribution is 6.30. The molecule has 1 aromatic rings. The van der Waals surface area contributed by atoms with E-state index < -0.39 is 0 Å². The molecule has 114 valence electrons. The lowest BCUT2D eigenvalue weighted by molar-refractivity contribution is 0.00988. The van der Waals surface area contributed by atoms with E-state index in [0.717, 1.165) is 19.4 Å². The third-order valence-electron chi connectivity index (χ3n) is 3.80. The minimum absolute atomic E-state index is 0. The summed E-state index contributed by atoms with van der Waals surface area (Å²) in [4.78, 5) is 2.21. The SMILES string of the molecule is COC1CCN(Cc2cccc(Cl)c2F)C(CN)C1.Cl. The van der Waals surface area contributed by atoms with Crippen LogP contribution in [0.25, 0.3) is 0 Å². The molecule has 2 N–H and O–H groups in total. The van der Waals surface area contributed by atoms with Gasteiger partial charge in [0, 0.05) is 38.3 Å². The van der Waals surface area contributed by atoms with Gasteiger partial charge in [0.2, 0.25) is 0 Å². The number of benzene rings is 1. The van der Waals surface area contributed by atoms with Crippen molar-refractivity contribution in [3.8, 4) is 0 Å². The van der Waals surface area contributed by atoms with E-state index in [1.165, 1.54) is 0 Å². The molecular weight excluding hydrogens is 302 g/mol. The monoisotopic (exact) mass is 322 g/mol. The second kappa shape index (κ2) is 8.15. The van der Waals surface area contributed by atoms with Crippen molar-refractivity contribution in [2.45, 2.75) is 31.5 Å². The first-order valence-corrected chi connectivity index (χ1v) is 6.93. The first kappa shape index (κ1) is 17.7. The number of hydrogen-bond donors (Lipinski definition) is 1. The smallest absolute Gasteiger partial charge is 0.146 e. The van der Waals surface area contributed by atoms with Gasteiger partial charge in [0.25, 0.3) is 0 Å². The summed E-state index contributed by atoms with van der Waals surface area (Å²) in [6.07, 6.45) is 2.11. The van der Waals surface area contributed by atoms with E-state index in [9.17, 15) is 4.39 Å². The third-order valence-corrected chi connectivity index (χ3v) is 4.09. The van der Waals surface area contributed by atoms with Crippen LogP contribution in [0.4, 0.5) is 4.39 Å². The van der Waals surface area contributed by atoms with Crippen LogP contribution in [0.2, 0.25) is 5.02 Å². The Morgan fingerprint density at radius 2 is 2.25 bits per heavy atom. The topological polar surface area (TPSA) is 38.5 Å². The van der Waals surface area contributed by atoms with Crippen molar-refractivity contribution in [1.29, 1.82) is 0 Å². The minimum Gasteiger partial charge on any atom is -0.381 e. The quantitative estimate of drug-likeness (QED) is 0.926. The summed E-state index contributed by atoms with van der Waals surface area (Å²) in [7, 11) is 1.73. The van der Waals surface area contributed by atoms with Crippen molar-refractivity contribution < 1.29 is 9.13 Å². The van der Waals surface area contributed by atoms with Gasteiger partial charge in [0.05, 0.1) is 11.1 Å². The van der Waals surface area contributed by atoms with Crippen molar-refractivity contribution >= 4 is 24.0 Å². The van der Waals surface area contributed by atoms with Crippen LogP contribution in [0, 0.1) is 5.82 Å². The minimum atomic E-state index is -0.325. The first-order chi connectivity index (χ1) is 9.15. The van der Waals surface area contributed by atoms with E-state index in [4.69, 9.17) is 22.1 Å². The van der Waals surface area contributed by atoms with Crippen molar-refractivity contribution in [3.05, 3.63) is 34.6 Å². The Balaban J connectivity index is 0.00000200. The molecule has 1 saturated heterocycles. The lowest BCUT2D eigenvalue weighted by Gasteiger charge is -2.38. The number of nitrogens with two attached hydrogens (primary N) is 1. The highest BCUT2D eigenvalue weighted by atomic mass is 35.5. The lowest BCUT2D eigenvalue weighted by atomic mass is 9.98. The Hall–Kier alpha value is -0.390. The summed E-state index contributed by atoms with van der Waals surface area (Å²) in [5, 5.41) is 0.175. The van der Waals surface area contributed by atoms with Crippen LogP contribution in [-0.4, -0.2) is 37.2 Å². The summed E-state index contributed by atoms with van der Waals surface area (Å²) < 4.78 is 19.3. The zero-order chi connectivity index (χ0) is 13.8. The fourth-order valence-corrected chi connectivity index (χ4v) is 2.81. The Bertz CT molecular complexity index is 434. The molecule has 0 aromatic heterocycles. The highest BCUT2D eigenvalue weighted by Crippen LogP contribution is 2.24. The summed E-state index contributed by atoms with van der Waals surface area (Å²) in [6.45, 7) is 1.97. The third kappa shape index (κ3) is 4.06. The summed E-state index contributed by atoms with van der Waals surface area (Å²) in [6, 6.07) is 5.35. The van der Waals surface area contributed by atoms with Crippen molar-refractivity contribution in [1.82, 2.24) is 4.90 Å². The fraction of sp³-hybridized carbons (Fsp3) is 0.571. The predicted molar refractivity (Wildman–Crippen MR) is 81.9 cm³/mol. The maximum atomic E-state index is 13.9. The average molecular weight is 323 g/mol. The molecule has 2 rings (SSSR count). The average Bonchev–Trinajstić information content (AvgIpc) is 2.44.